The first-order valence-corrected chi connectivity index (χ1v) is 8.44. The molecule has 1 aliphatic heterocycles. The van der Waals surface area contributed by atoms with Crippen LogP contribution in [0, 0.1) is 0 Å². The van der Waals surface area contributed by atoms with E-state index in [1.165, 1.54) is 0 Å². The summed E-state index contributed by atoms with van der Waals surface area (Å²) in [7, 11) is 1.83. The number of pyridine rings is 1. The van der Waals surface area contributed by atoms with Crippen LogP contribution in [0.4, 0.5) is 0 Å². The van der Waals surface area contributed by atoms with Crippen molar-refractivity contribution in [2.45, 2.75) is 45.3 Å². The zero-order valence-corrected chi connectivity index (χ0v) is 14.5. The molecule has 2 atom stereocenters. The number of ether oxygens (including phenoxy) is 1. The summed E-state index contributed by atoms with van der Waals surface area (Å²) in [5, 5.41) is 7.24. The van der Waals surface area contributed by atoms with Crippen LogP contribution in [-0.2, 0) is 17.6 Å². The third-order valence-electron chi connectivity index (χ3n) is 4.44. The van der Waals surface area contributed by atoms with Gasteiger partial charge in [-0.25, -0.2) is 0 Å². The minimum absolute atomic E-state index is 0.0326. The van der Waals surface area contributed by atoms with E-state index in [1.807, 2.05) is 39.1 Å². The molecular formula is C18H24N4O2. The lowest BCUT2D eigenvalue weighted by Gasteiger charge is -2.25. The minimum atomic E-state index is -0.0488. The smallest absolute Gasteiger partial charge is 0.274 e. The number of aromatic nitrogens is 3. The van der Waals surface area contributed by atoms with Crippen LogP contribution in [-0.4, -0.2) is 45.7 Å². The van der Waals surface area contributed by atoms with E-state index in [1.54, 1.807) is 11.1 Å². The number of nitrogens with zero attached hydrogens (tertiary/aromatic N) is 3. The lowest BCUT2D eigenvalue weighted by molar-refractivity contribution is -0.00701. The zero-order valence-electron chi connectivity index (χ0n) is 14.5. The van der Waals surface area contributed by atoms with Crippen LogP contribution < -0.4 is 0 Å². The van der Waals surface area contributed by atoms with Crippen LogP contribution in [0.3, 0.4) is 0 Å². The summed E-state index contributed by atoms with van der Waals surface area (Å²) < 4.78 is 5.78. The van der Waals surface area contributed by atoms with E-state index in [4.69, 9.17) is 4.74 Å². The van der Waals surface area contributed by atoms with Gasteiger partial charge in [-0.15, -0.1) is 0 Å². The van der Waals surface area contributed by atoms with E-state index in [-0.39, 0.29) is 18.1 Å². The van der Waals surface area contributed by atoms with E-state index in [0.29, 0.717) is 12.2 Å². The minimum Gasteiger partial charge on any atom is -0.369 e. The van der Waals surface area contributed by atoms with Crippen molar-refractivity contribution in [2.24, 2.45) is 0 Å². The van der Waals surface area contributed by atoms with Gasteiger partial charge in [-0.3, -0.25) is 14.9 Å². The Morgan fingerprint density at radius 2 is 2.25 bits per heavy atom. The summed E-state index contributed by atoms with van der Waals surface area (Å²) >= 11 is 0. The lowest BCUT2D eigenvalue weighted by Crippen LogP contribution is -2.30. The molecule has 2 aromatic rings. The topological polar surface area (TPSA) is 71.1 Å². The maximum atomic E-state index is 12.7. The van der Waals surface area contributed by atoms with Gasteiger partial charge >= 0.3 is 0 Å². The van der Waals surface area contributed by atoms with Crippen molar-refractivity contribution in [1.82, 2.24) is 20.1 Å². The number of rotatable bonds is 5. The lowest BCUT2D eigenvalue weighted by atomic mass is 9.99. The Morgan fingerprint density at radius 1 is 1.42 bits per heavy atom. The first-order valence-electron chi connectivity index (χ1n) is 8.44. The van der Waals surface area contributed by atoms with E-state index >= 15 is 0 Å². The molecule has 1 aliphatic rings. The molecule has 6 heteroatoms. The summed E-state index contributed by atoms with van der Waals surface area (Å²) in [6, 6.07) is 5.90. The van der Waals surface area contributed by atoms with Crippen LogP contribution in [0.1, 0.15) is 53.8 Å². The Morgan fingerprint density at radius 3 is 3.00 bits per heavy atom. The van der Waals surface area contributed by atoms with Gasteiger partial charge in [0.1, 0.15) is 0 Å². The third kappa shape index (κ3) is 3.48. The van der Waals surface area contributed by atoms with Gasteiger partial charge in [0.05, 0.1) is 17.9 Å². The van der Waals surface area contributed by atoms with Gasteiger partial charge in [-0.05, 0) is 38.8 Å². The molecule has 24 heavy (non-hydrogen) atoms. The molecule has 6 nitrogen and oxygen atoms in total. The highest BCUT2D eigenvalue weighted by Gasteiger charge is 2.30. The molecule has 3 heterocycles. The molecule has 1 N–H and O–H groups in total. The number of nitrogens with one attached hydrogen (secondary N) is 1. The van der Waals surface area contributed by atoms with Crippen LogP contribution in [0.15, 0.2) is 24.4 Å². The van der Waals surface area contributed by atoms with E-state index < -0.39 is 0 Å². The average molecular weight is 328 g/mol. The second kappa shape index (κ2) is 7.13. The van der Waals surface area contributed by atoms with Crippen molar-refractivity contribution in [1.29, 1.82) is 0 Å². The van der Waals surface area contributed by atoms with Crippen LogP contribution in [0.25, 0.3) is 0 Å². The molecule has 0 aliphatic carbocycles. The van der Waals surface area contributed by atoms with Crippen LogP contribution >= 0.6 is 0 Å². The van der Waals surface area contributed by atoms with E-state index in [9.17, 15) is 4.79 Å². The summed E-state index contributed by atoms with van der Waals surface area (Å²) in [6.45, 7) is 4.69. The van der Waals surface area contributed by atoms with Crippen LogP contribution in [0.2, 0.25) is 0 Å². The van der Waals surface area contributed by atoms with Crippen molar-refractivity contribution < 1.29 is 9.53 Å². The van der Waals surface area contributed by atoms with Gasteiger partial charge in [0, 0.05) is 37.5 Å². The maximum Gasteiger partial charge on any atom is 0.274 e. The molecule has 0 saturated carbocycles. The zero-order chi connectivity index (χ0) is 17.1. The van der Waals surface area contributed by atoms with Crippen molar-refractivity contribution in [3.05, 3.63) is 47.0 Å². The predicted octanol–water partition coefficient (Wildman–Crippen LogP) is 2.53. The number of carbonyl (C=O) groups excluding carboxylic acids is 1. The molecule has 0 spiro atoms. The largest absolute Gasteiger partial charge is 0.369 e. The number of amides is 1. The molecule has 2 aromatic heterocycles. The van der Waals surface area contributed by atoms with Crippen molar-refractivity contribution >= 4 is 5.91 Å². The maximum absolute atomic E-state index is 12.7. The number of H-pyrrole nitrogens is 1. The van der Waals surface area contributed by atoms with Gasteiger partial charge in [0.15, 0.2) is 5.69 Å². The predicted molar refractivity (Wildman–Crippen MR) is 90.8 cm³/mol. The Balaban J connectivity index is 1.62. The highest BCUT2D eigenvalue weighted by Crippen LogP contribution is 2.30. The van der Waals surface area contributed by atoms with Crippen LogP contribution in [0.5, 0.6) is 0 Å². The standard InChI is InChI=1S/C18H24N4O2/c1-12-11-15-16(13(2)24-12)20-21-17(15)18(23)22(3)10-6-8-14-7-4-5-9-19-14/h4-5,7,9,12-13H,6,8,10-11H2,1-3H3,(H,20,21)/t12-,13+/m1/s1. The third-order valence-corrected chi connectivity index (χ3v) is 4.44. The second-order valence-electron chi connectivity index (χ2n) is 6.41. The number of aromatic amines is 1. The molecule has 3 rings (SSSR count). The van der Waals surface area contributed by atoms with Crippen molar-refractivity contribution in [3.63, 3.8) is 0 Å². The fourth-order valence-electron chi connectivity index (χ4n) is 3.18. The molecule has 0 bridgehead atoms. The molecule has 0 radical (unpaired) electrons. The monoisotopic (exact) mass is 328 g/mol. The summed E-state index contributed by atoms with van der Waals surface area (Å²) in [4.78, 5) is 18.8. The quantitative estimate of drug-likeness (QED) is 0.915. The Labute approximate surface area is 142 Å². The SMILES string of the molecule is C[C@@H]1Cc2c(C(=O)N(C)CCCc3ccccn3)n[nH]c2[C@H](C)O1. The molecule has 0 saturated heterocycles. The fraction of sp³-hybridized carbons (Fsp3) is 0.500. The normalized spacial score (nSPS) is 19.8. The first kappa shape index (κ1) is 16.6. The van der Waals surface area contributed by atoms with Gasteiger partial charge in [0.25, 0.3) is 5.91 Å². The number of aryl methyl sites for hydroxylation is 1. The van der Waals surface area contributed by atoms with Gasteiger partial charge in [-0.2, -0.15) is 5.10 Å². The summed E-state index contributed by atoms with van der Waals surface area (Å²) in [5.74, 6) is -0.0326. The Bertz CT molecular complexity index is 698. The molecule has 0 fully saturated rings. The van der Waals surface area contributed by atoms with E-state index in [2.05, 4.69) is 15.2 Å². The van der Waals surface area contributed by atoms with Crippen molar-refractivity contribution in [2.75, 3.05) is 13.6 Å². The molecule has 1 amide bonds. The number of hydrogen-bond donors (Lipinski definition) is 1. The van der Waals surface area contributed by atoms with Gasteiger partial charge in [0.2, 0.25) is 0 Å². The van der Waals surface area contributed by atoms with E-state index in [0.717, 1.165) is 36.2 Å². The Hall–Kier alpha value is -2.21. The highest BCUT2D eigenvalue weighted by atomic mass is 16.5. The fourth-order valence-corrected chi connectivity index (χ4v) is 3.18. The Kier molecular flexibility index (Phi) is 4.94. The molecular weight excluding hydrogens is 304 g/mol. The summed E-state index contributed by atoms with van der Waals surface area (Å²) in [5.41, 5.74) is 3.52. The van der Waals surface area contributed by atoms with Crippen molar-refractivity contribution in [3.8, 4) is 0 Å². The first-order chi connectivity index (χ1) is 11.6. The number of carbonyl (C=O) groups is 1. The molecule has 0 aromatic carbocycles. The second-order valence-corrected chi connectivity index (χ2v) is 6.41. The average Bonchev–Trinajstić information content (AvgIpc) is 2.99. The molecule has 128 valence electrons. The number of fused-ring (bicyclic) bond motifs is 1. The number of hydrogen-bond acceptors (Lipinski definition) is 4. The molecule has 0 unspecified atom stereocenters. The van der Waals surface area contributed by atoms with Gasteiger partial charge < -0.3 is 9.64 Å². The van der Waals surface area contributed by atoms with Gasteiger partial charge in [-0.1, -0.05) is 6.07 Å². The summed E-state index contributed by atoms with van der Waals surface area (Å²) in [6.07, 6.45) is 4.31. The highest BCUT2D eigenvalue weighted by molar-refractivity contribution is 5.94.